The first-order chi connectivity index (χ1) is 30.6. The lowest BCUT2D eigenvalue weighted by Crippen LogP contribution is -2.64. The van der Waals surface area contributed by atoms with Gasteiger partial charge in [0.25, 0.3) is 6.71 Å². The van der Waals surface area contributed by atoms with Crippen molar-refractivity contribution in [2.45, 2.75) is 180 Å². The molecular weight excluding hydrogens is 806 g/mol. The van der Waals surface area contributed by atoms with Crippen molar-refractivity contribution in [3.05, 3.63) is 107 Å². The smallest absolute Gasteiger partial charge is 0.252 e. The zero-order chi connectivity index (χ0) is 45.3. The summed E-state index contributed by atoms with van der Waals surface area (Å²) < 4.78 is 4.16. The van der Waals surface area contributed by atoms with E-state index in [1.165, 1.54) is 144 Å². The minimum atomic E-state index is -0.0643. The fourth-order valence-corrected chi connectivity index (χ4v) is 16.1. The molecule has 0 saturated heterocycles. The molecule has 7 aromatic rings. The monoisotopic (exact) mass is 874 g/mol. The summed E-state index contributed by atoms with van der Waals surface area (Å²) in [5.41, 5.74) is 20.7. The Bertz CT molecular complexity index is 3270. The van der Waals surface area contributed by atoms with Gasteiger partial charge < -0.3 is 14.4 Å². The first-order valence-corrected chi connectivity index (χ1v) is 26.0. The van der Waals surface area contributed by atoms with E-state index in [1.54, 1.807) is 11.1 Å². The summed E-state index contributed by atoms with van der Waals surface area (Å²) in [6.07, 6.45) is 9.95. The number of hydrogen-bond acceptors (Lipinski definition) is 3. The van der Waals surface area contributed by atoms with Crippen molar-refractivity contribution >= 4 is 88.4 Å². The Kier molecular flexibility index (Phi) is 7.74. The Labute approximate surface area is 392 Å². The molecule has 2 fully saturated rings. The summed E-state index contributed by atoms with van der Waals surface area (Å²) in [4.78, 5) is 7.26. The first kappa shape index (κ1) is 40.8. The minimum Gasteiger partial charge on any atom is -0.335 e. The number of thiophene rings is 1. The maximum Gasteiger partial charge on any atom is 0.252 e. The van der Waals surface area contributed by atoms with Gasteiger partial charge in [0.2, 0.25) is 0 Å². The van der Waals surface area contributed by atoms with E-state index in [4.69, 9.17) is 0 Å². The van der Waals surface area contributed by atoms with Crippen LogP contribution < -0.4 is 26.2 Å². The van der Waals surface area contributed by atoms with E-state index in [0.29, 0.717) is 0 Å². The zero-order valence-corrected chi connectivity index (χ0v) is 42.3. The molecule has 4 aliphatic heterocycles. The van der Waals surface area contributed by atoms with E-state index in [0.717, 1.165) is 0 Å². The van der Waals surface area contributed by atoms with Gasteiger partial charge in [-0.3, -0.25) is 0 Å². The van der Waals surface area contributed by atoms with Crippen molar-refractivity contribution in [2.24, 2.45) is 0 Å². The molecule has 6 aliphatic rings. The molecule has 65 heavy (non-hydrogen) atoms. The molecule has 0 N–H and O–H groups in total. The van der Waals surface area contributed by atoms with Crippen LogP contribution in [0.25, 0.3) is 36.9 Å². The van der Waals surface area contributed by atoms with Crippen molar-refractivity contribution in [2.75, 3.05) is 9.80 Å². The summed E-state index contributed by atoms with van der Waals surface area (Å²) in [6, 6.07) is 32.9. The fraction of sp³-hybridized carbons (Fsp3) is 0.467. The summed E-state index contributed by atoms with van der Waals surface area (Å²) >= 11 is 2.00. The Morgan fingerprint density at radius 2 is 1.12 bits per heavy atom. The first-order valence-electron chi connectivity index (χ1n) is 25.2. The summed E-state index contributed by atoms with van der Waals surface area (Å²) in [5.74, 6) is 0. The summed E-state index contributed by atoms with van der Waals surface area (Å²) in [6.45, 7) is 32.4. The van der Waals surface area contributed by atoms with Crippen LogP contribution in [0.5, 0.6) is 0 Å². The predicted molar refractivity (Wildman–Crippen MR) is 283 cm³/mol. The third-order valence-electron chi connectivity index (χ3n) is 19.1. The van der Waals surface area contributed by atoms with E-state index in [-0.39, 0.29) is 44.9 Å². The van der Waals surface area contributed by atoms with Gasteiger partial charge in [0.15, 0.2) is 0 Å². The molecule has 4 atom stereocenters. The van der Waals surface area contributed by atoms with Crippen LogP contribution in [0.1, 0.15) is 169 Å². The van der Waals surface area contributed by atoms with E-state index in [2.05, 4.69) is 183 Å². The van der Waals surface area contributed by atoms with Crippen LogP contribution in [0.15, 0.2) is 78.9 Å². The molecule has 6 heterocycles. The molecule has 5 aromatic carbocycles. The Balaban J connectivity index is 1.21. The van der Waals surface area contributed by atoms with Crippen LogP contribution in [-0.2, 0) is 27.1 Å². The number of aromatic nitrogens is 1. The van der Waals surface area contributed by atoms with Crippen molar-refractivity contribution in [1.82, 2.24) is 4.57 Å². The number of nitrogens with zero attached hydrogens (tertiary/aromatic N) is 3. The topological polar surface area (TPSA) is 11.4 Å². The lowest BCUT2D eigenvalue weighted by atomic mass is 9.33. The summed E-state index contributed by atoms with van der Waals surface area (Å²) in [5, 5.41) is 4.24. The highest BCUT2D eigenvalue weighted by Crippen LogP contribution is 2.65. The molecule has 4 unspecified atom stereocenters. The third-order valence-corrected chi connectivity index (χ3v) is 20.3. The second kappa shape index (κ2) is 12.3. The van der Waals surface area contributed by atoms with Crippen LogP contribution in [0.4, 0.5) is 22.7 Å². The standard InChI is InChI=1S/C60H68BN3S/c1-54(2,3)35-22-23-45-41(29-35)57(10)24-16-18-26-59(57,12)63(45)38-33-46-50-47(34-38)64-52-42(58(11)25-17-19-27-60(58,64)13)30-37(56(7,8)9)32-44(52)61(50)43-31-36(55(4,5)6)28-40-49-39-20-14-15-21-48(39)65-53(49)62(46)51(40)43/h14-15,20-23,28-34H,16-19,24-27H2,1-13H3. The van der Waals surface area contributed by atoms with Crippen LogP contribution in [0.2, 0.25) is 0 Å². The molecule has 0 bridgehead atoms. The average molecular weight is 874 g/mol. The Morgan fingerprint density at radius 3 is 1.82 bits per heavy atom. The van der Waals surface area contributed by atoms with Gasteiger partial charge in [-0.05, 0) is 130 Å². The SMILES string of the molecule is CC(C)(C)c1ccc2c(c1)C1(C)CCCCC1(C)N2c1cc2c3c(c1)-n1c4sc5ccccc5c4c4cc(C(C)(C)C)cc(c41)B3c1cc(C(C)(C)C)cc3c1N2C1(C)CCCCC31C. The van der Waals surface area contributed by atoms with Crippen molar-refractivity contribution in [3.8, 4) is 5.69 Å². The number of benzene rings is 5. The van der Waals surface area contributed by atoms with Crippen molar-refractivity contribution in [1.29, 1.82) is 0 Å². The van der Waals surface area contributed by atoms with Crippen LogP contribution in [0, 0.1) is 0 Å². The lowest BCUT2D eigenvalue weighted by molar-refractivity contribution is 0.194. The maximum atomic E-state index is 2.98. The van der Waals surface area contributed by atoms with E-state index in [1.807, 2.05) is 11.3 Å². The number of anilines is 4. The average Bonchev–Trinajstić information content (AvgIpc) is 3.90. The molecule has 2 aliphatic carbocycles. The van der Waals surface area contributed by atoms with Gasteiger partial charge >= 0.3 is 0 Å². The predicted octanol–water partition coefficient (Wildman–Crippen LogP) is 14.5. The maximum absolute atomic E-state index is 2.98. The van der Waals surface area contributed by atoms with E-state index in [9.17, 15) is 0 Å². The molecule has 0 amide bonds. The number of fused-ring (bicyclic) bond motifs is 15. The number of hydrogen-bond donors (Lipinski definition) is 0. The highest BCUT2D eigenvalue weighted by atomic mass is 32.1. The molecular formula is C60H68BN3S. The minimum absolute atomic E-state index is 0.0121. The van der Waals surface area contributed by atoms with Gasteiger partial charge in [-0.1, -0.05) is 150 Å². The second-order valence-corrected chi connectivity index (χ2v) is 26.7. The summed E-state index contributed by atoms with van der Waals surface area (Å²) in [7, 11) is 0. The van der Waals surface area contributed by atoms with Crippen molar-refractivity contribution < 1.29 is 0 Å². The fourth-order valence-electron chi connectivity index (χ4n) is 14.9. The number of rotatable bonds is 1. The molecule has 2 aromatic heterocycles. The van der Waals surface area contributed by atoms with Gasteiger partial charge in [0.1, 0.15) is 4.83 Å². The third kappa shape index (κ3) is 4.85. The Morgan fingerprint density at radius 1 is 0.538 bits per heavy atom. The van der Waals surface area contributed by atoms with E-state index >= 15 is 0 Å². The molecule has 0 radical (unpaired) electrons. The highest BCUT2D eigenvalue weighted by Gasteiger charge is 2.63. The molecule has 2 saturated carbocycles. The van der Waals surface area contributed by atoms with Crippen molar-refractivity contribution in [3.63, 3.8) is 0 Å². The zero-order valence-electron chi connectivity index (χ0n) is 41.5. The quantitative estimate of drug-likeness (QED) is 0.152. The van der Waals surface area contributed by atoms with Gasteiger partial charge in [0.05, 0.1) is 16.6 Å². The molecule has 0 spiro atoms. The normalized spacial score (nSPS) is 26.5. The largest absolute Gasteiger partial charge is 0.335 e. The van der Waals surface area contributed by atoms with E-state index < -0.39 is 0 Å². The van der Waals surface area contributed by atoms with Gasteiger partial charge in [0, 0.05) is 60.1 Å². The van der Waals surface area contributed by atoms with Crippen LogP contribution in [0.3, 0.4) is 0 Å². The Hall–Kier alpha value is -4.48. The van der Waals surface area contributed by atoms with Gasteiger partial charge in [-0.25, -0.2) is 0 Å². The molecule has 3 nitrogen and oxygen atoms in total. The molecule has 5 heteroatoms. The van der Waals surface area contributed by atoms with Gasteiger partial charge in [-0.15, -0.1) is 11.3 Å². The van der Waals surface area contributed by atoms with Gasteiger partial charge in [-0.2, -0.15) is 0 Å². The second-order valence-electron chi connectivity index (χ2n) is 25.6. The molecule has 13 rings (SSSR count). The lowest BCUT2D eigenvalue weighted by Gasteiger charge is -2.53. The molecule has 332 valence electrons. The highest BCUT2D eigenvalue weighted by molar-refractivity contribution is 7.26. The van der Waals surface area contributed by atoms with Crippen LogP contribution >= 0.6 is 11.3 Å². The van der Waals surface area contributed by atoms with Crippen LogP contribution in [-0.4, -0.2) is 22.4 Å².